The molecule has 0 radical (unpaired) electrons. The van der Waals surface area contributed by atoms with Gasteiger partial charge in [-0.3, -0.25) is 4.57 Å². The topological polar surface area (TPSA) is 75.1 Å². The fourth-order valence-corrected chi connectivity index (χ4v) is 1.82. The highest BCUT2D eigenvalue weighted by Crippen LogP contribution is 2.18. The van der Waals surface area contributed by atoms with Crippen molar-refractivity contribution in [2.75, 3.05) is 0 Å². The fraction of sp³-hybridized carbons (Fsp3) is 0.167. The van der Waals surface area contributed by atoms with Crippen LogP contribution in [0.4, 0.5) is 0 Å². The molecule has 88 valence electrons. The van der Waals surface area contributed by atoms with Crippen molar-refractivity contribution < 1.29 is 9.90 Å². The van der Waals surface area contributed by atoms with E-state index in [1.54, 1.807) is 37.3 Å². The van der Waals surface area contributed by atoms with Gasteiger partial charge in [-0.05, 0) is 12.5 Å². The predicted molar refractivity (Wildman–Crippen MR) is 62.0 cm³/mol. The number of benzene rings is 1. The molecular weight excluding hydrogens is 220 g/mol. The van der Waals surface area contributed by atoms with Crippen LogP contribution in [-0.2, 0) is 4.79 Å². The van der Waals surface area contributed by atoms with Crippen LogP contribution < -0.4 is 5.69 Å². The fourth-order valence-electron chi connectivity index (χ4n) is 1.82. The first-order valence-corrected chi connectivity index (χ1v) is 5.15. The Morgan fingerprint density at radius 2 is 2.00 bits per heavy atom. The number of aromatic nitrogens is 2. The van der Waals surface area contributed by atoms with E-state index >= 15 is 0 Å². The van der Waals surface area contributed by atoms with Crippen LogP contribution in [0.5, 0.6) is 0 Å². The summed E-state index contributed by atoms with van der Waals surface area (Å²) in [7, 11) is 0. The molecule has 17 heavy (non-hydrogen) atoms. The number of aromatic amines is 1. The molecule has 1 atom stereocenters. The number of imidazole rings is 1. The first kappa shape index (κ1) is 11.2. The molecule has 2 rings (SSSR count). The van der Waals surface area contributed by atoms with E-state index in [1.165, 1.54) is 10.8 Å². The van der Waals surface area contributed by atoms with Gasteiger partial charge in [-0.1, -0.05) is 30.3 Å². The summed E-state index contributed by atoms with van der Waals surface area (Å²) in [5.41, 5.74) is 0.745. The highest BCUT2D eigenvalue weighted by Gasteiger charge is 2.24. The zero-order valence-corrected chi connectivity index (χ0v) is 9.25. The van der Waals surface area contributed by atoms with Crippen LogP contribution in [0.1, 0.15) is 17.3 Å². The van der Waals surface area contributed by atoms with Crippen LogP contribution in [0.25, 0.3) is 0 Å². The highest BCUT2D eigenvalue weighted by molar-refractivity contribution is 5.76. The van der Waals surface area contributed by atoms with Crippen molar-refractivity contribution in [3.8, 4) is 0 Å². The van der Waals surface area contributed by atoms with Crippen LogP contribution in [0.2, 0.25) is 0 Å². The SMILES string of the molecule is Cc1c[nH]c(=O)n1C(C(=O)O)c1ccccc1. The zero-order valence-electron chi connectivity index (χ0n) is 9.25. The van der Waals surface area contributed by atoms with Gasteiger partial charge in [-0.15, -0.1) is 0 Å². The van der Waals surface area contributed by atoms with Gasteiger partial charge in [0, 0.05) is 11.9 Å². The standard InChI is InChI=1S/C12H12N2O3/c1-8-7-13-12(17)14(8)10(11(15)16)9-5-3-2-4-6-9/h2-7,10H,1H3,(H,13,17)(H,15,16). The smallest absolute Gasteiger partial charge is 0.331 e. The summed E-state index contributed by atoms with van der Waals surface area (Å²) in [4.78, 5) is 25.4. The lowest BCUT2D eigenvalue weighted by atomic mass is 10.1. The van der Waals surface area contributed by atoms with E-state index in [1.807, 2.05) is 0 Å². The summed E-state index contributed by atoms with van der Waals surface area (Å²) < 4.78 is 1.23. The first-order chi connectivity index (χ1) is 8.11. The second-order valence-electron chi connectivity index (χ2n) is 3.76. The van der Waals surface area contributed by atoms with Crippen LogP contribution in [-0.4, -0.2) is 20.6 Å². The lowest BCUT2D eigenvalue weighted by molar-refractivity contribution is -0.139. The van der Waals surface area contributed by atoms with E-state index in [0.29, 0.717) is 11.3 Å². The van der Waals surface area contributed by atoms with Crippen LogP contribution in [0.15, 0.2) is 41.3 Å². The number of nitrogens with zero attached hydrogens (tertiary/aromatic N) is 1. The molecule has 1 heterocycles. The van der Waals surface area contributed by atoms with Crippen LogP contribution in [0, 0.1) is 6.92 Å². The van der Waals surface area contributed by atoms with Gasteiger partial charge in [0.25, 0.3) is 0 Å². The van der Waals surface area contributed by atoms with Gasteiger partial charge in [0.2, 0.25) is 0 Å². The van der Waals surface area contributed by atoms with E-state index in [9.17, 15) is 14.7 Å². The average Bonchev–Trinajstić information content (AvgIpc) is 2.62. The summed E-state index contributed by atoms with van der Waals surface area (Å²) in [5, 5.41) is 9.27. The summed E-state index contributed by atoms with van der Waals surface area (Å²) in [6.45, 7) is 1.69. The molecule has 0 saturated carbocycles. The number of carboxylic acids is 1. The Balaban J connectivity index is 2.59. The van der Waals surface area contributed by atoms with Crippen molar-refractivity contribution in [1.82, 2.24) is 9.55 Å². The number of carboxylic acid groups (broad SMARTS) is 1. The van der Waals surface area contributed by atoms with Crippen molar-refractivity contribution in [3.05, 3.63) is 58.3 Å². The Labute approximate surface area is 97.3 Å². The van der Waals surface area contributed by atoms with Crippen molar-refractivity contribution in [2.45, 2.75) is 13.0 Å². The molecule has 5 nitrogen and oxygen atoms in total. The molecule has 1 unspecified atom stereocenters. The monoisotopic (exact) mass is 232 g/mol. The normalized spacial score (nSPS) is 12.3. The Kier molecular flexibility index (Phi) is 2.82. The molecule has 1 aromatic carbocycles. The molecule has 2 aromatic rings. The molecule has 2 N–H and O–H groups in total. The molecule has 0 amide bonds. The minimum absolute atomic E-state index is 0.418. The minimum Gasteiger partial charge on any atom is -0.479 e. The molecular formula is C12H12N2O3. The van der Waals surface area contributed by atoms with Crippen molar-refractivity contribution in [1.29, 1.82) is 0 Å². The lowest BCUT2D eigenvalue weighted by Crippen LogP contribution is -2.29. The van der Waals surface area contributed by atoms with Gasteiger partial charge >= 0.3 is 11.7 Å². The Morgan fingerprint density at radius 3 is 2.47 bits per heavy atom. The van der Waals surface area contributed by atoms with Gasteiger partial charge in [0.1, 0.15) is 0 Å². The maximum atomic E-state index is 11.6. The van der Waals surface area contributed by atoms with Gasteiger partial charge < -0.3 is 10.1 Å². The summed E-state index contributed by atoms with van der Waals surface area (Å²) in [5.74, 6) is -1.05. The van der Waals surface area contributed by atoms with E-state index in [0.717, 1.165) is 0 Å². The number of nitrogens with one attached hydrogen (secondary N) is 1. The van der Waals surface area contributed by atoms with E-state index < -0.39 is 17.7 Å². The third kappa shape index (κ3) is 1.99. The molecule has 5 heteroatoms. The predicted octanol–water partition coefficient (Wildman–Crippen LogP) is 1.16. The summed E-state index contributed by atoms with van der Waals surface area (Å²) in [6.07, 6.45) is 1.50. The minimum atomic E-state index is -1.05. The molecule has 1 aromatic heterocycles. The maximum absolute atomic E-state index is 11.6. The van der Waals surface area contributed by atoms with E-state index in [4.69, 9.17) is 0 Å². The Hall–Kier alpha value is -2.30. The molecule has 0 bridgehead atoms. The van der Waals surface area contributed by atoms with Crippen molar-refractivity contribution in [2.24, 2.45) is 0 Å². The van der Waals surface area contributed by atoms with Gasteiger partial charge in [0.15, 0.2) is 6.04 Å². The summed E-state index contributed by atoms with van der Waals surface area (Å²) >= 11 is 0. The Morgan fingerprint density at radius 1 is 1.35 bits per heavy atom. The third-order valence-corrected chi connectivity index (χ3v) is 2.61. The van der Waals surface area contributed by atoms with Crippen LogP contribution >= 0.6 is 0 Å². The number of aryl methyl sites for hydroxylation is 1. The Bertz CT molecular complexity index is 583. The molecule has 0 fully saturated rings. The second-order valence-corrected chi connectivity index (χ2v) is 3.76. The molecule has 0 aliphatic carbocycles. The average molecular weight is 232 g/mol. The largest absolute Gasteiger partial charge is 0.479 e. The third-order valence-electron chi connectivity index (χ3n) is 2.61. The lowest BCUT2D eigenvalue weighted by Gasteiger charge is -2.15. The second kappa shape index (κ2) is 4.29. The van der Waals surface area contributed by atoms with Gasteiger partial charge in [-0.2, -0.15) is 0 Å². The quantitative estimate of drug-likeness (QED) is 0.833. The number of rotatable bonds is 3. The van der Waals surface area contributed by atoms with E-state index in [2.05, 4.69) is 4.98 Å². The first-order valence-electron chi connectivity index (χ1n) is 5.15. The molecule has 0 aliphatic heterocycles. The van der Waals surface area contributed by atoms with E-state index in [-0.39, 0.29) is 0 Å². The van der Waals surface area contributed by atoms with Gasteiger partial charge in [0.05, 0.1) is 0 Å². The highest BCUT2D eigenvalue weighted by atomic mass is 16.4. The molecule has 0 spiro atoms. The number of H-pyrrole nitrogens is 1. The molecule has 0 aliphatic rings. The summed E-state index contributed by atoms with van der Waals surface area (Å²) in [6, 6.07) is 7.69. The number of hydrogen-bond acceptors (Lipinski definition) is 2. The maximum Gasteiger partial charge on any atom is 0.331 e. The van der Waals surface area contributed by atoms with Crippen LogP contribution in [0.3, 0.4) is 0 Å². The number of carbonyl (C=O) groups is 1. The van der Waals surface area contributed by atoms with Gasteiger partial charge in [-0.25, -0.2) is 9.59 Å². The number of aliphatic carboxylic acids is 1. The number of hydrogen-bond donors (Lipinski definition) is 2. The molecule has 0 saturated heterocycles. The zero-order chi connectivity index (χ0) is 12.4. The van der Waals surface area contributed by atoms with Crippen molar-refractivity contribution in [3.63, 3.8) is 0 Å². The van der Waals surface area contributed by atoms with Crippen molar-refractivity contribution >= 4 is 5.97 Å².